The smallest absolute Gasteiger partial charge is 0.407 e. The van der Waals surface area contributed by atoms with Crippen molar-refractivity contribution in [1.29, 1.82) is 0 Å². The van der Waals surface area contributed by atoms with E-state index in [0.29, 0.717) is 10.5 Å². The number of halogens is 2. The van der Waals surface area contributed by atoms with Crippen LogP contribution in [0.2, 0.25) is 0 Å². The van der Waals surface area contributed by atoms with Crippen molar-refractivity contribution in [3.8, 4) is 0 Å². The summed E-state index contributed by atoms with van der Waals surface area (Å²) in [6.45, 7) is 5.59. The number of fused-ring (bicyclic) bond motifs is 1. The van der Waals surface area contributed by atoms with E-state index in [4.69, 9.17) is 4.74 Å². The van der Waals surface area contributed by atoms with E-state index < -0.39 is 5.60 Å². The summed E-state index contributed by atoms with van der Waals surface area (Å²) in [4.78, 5) is 12.0. The maximum atomic E-state index is 14.0. The topological polar surface area (TPSA) is 43.3 Å². The highest BCUT2D eigenvalue weighted by Crippen LogP contribution is 2.43. The van der Waals surface area contributed by atoms with Gasteiger partial charge in [-0.05, 0) is 92.6 Å². The SMILES string of the molecule is CC(C)(C)OC(=O)NC1CC=C(c2cc3cc(F)c(Br)cc3n2C2CC2)CC1. The normalized spacial score (nSPS) is 20.2. The number of rotatable bonds is 3. The fraction of sp³-hybridized carbons (Fsp3) is 0.500. The van der Waals surface area contributed by atoms with E-state index in [-0.39, 0.29) is 18.0 Å². The lowest BCUT2D eigenvalue weighted by molar-refractivity contribution is 0.0502. The predicted octanol–water partition coefficient (Wildman–Crippen LogP) is 6.34. The van der Waals surface area contributed by atoms with Gasteiger partial charge < -0.3 is 14.6 Å². The Kier molecular flexibility index (Phi) is 5.02. The summed E-state index contributed by atoms with van der Waals surface area (Å²) in [5.74, 6) is -0.230. The van der Waals surface area contributed by atoms with E-state index in [1.807, 2.05) is 26.8 Å². The van der Waals surface area contributed by atoms with Gasteiger partial charge in [0.15, 0.2) is 0 Å². The van der Waals surface area contributed by atoms with E-state index in [2.05, 4.69) is 38.0 Å². The molecule has 0 spiro atoms. The molecule has 1 aromatic heterocycles. The van der Waals surface area contributed by atoms with Gasteiger partial charge in [0, 0.05) is 23.2 Å². The summed E-state index contributed by atoms with van der Waals surface area (Å²) in [6, 6.07) is 6.20. The average Bonchev–Trinajstić information content (AvgIpc) is 3.36. The van der Waals surface area contributed by atoms with E-state index in [0.717, 1.165) is 30.2 Å². The van der Waals surface area contributed by atoms with E-state index in [1.165, 1.54) is 24.1 Å². The lowest BCUT2D eigenvalue weighted by atomic mass is 9.93. The number of aromatic nitrogens is 1. The van der Waals surface area contributed by atoms with Crippen LogP contribution >= 0.6 is 15.9 Å². The Labute approximate surface area is 173 Å². The molecule has 1 saturated carbocycles. The zero-order valence-corrected chi connectivity index (χ0v) is 18.1. The molecule has 1 fully saturated rings. The number of nitrogens with zero attached hydrogens (tertiary/aromatic N) is 1. The van der Waals surface area contributed by atoms with Crippen molar-refractivity contribution in [2.75, 3.05) is 0 Å². The monoisotopic (exact) mass is 448 g/mol. The summed E-state index contributed by atoms with van der Waals surface area (Å²) in [7, 11) is 0. The summed E-state index contributed by atoms with van der Waals surface area (Å²) in [5.41, 5.74) is 3.06. The molecule has 6 heteroatoms. The van der Waals surface area contributed by atoms with Gasteiger partial charge in [-0.25, -0.2) is 9.18 Å². The molecule has 4 nitrogen and oxygen atoms in total. The van der Waals surface area contributed by atoms with Crippen LogP contribution in [-0.2, 0) is 4.74 Å². The lowest BCUT2D eigenvalue weighted by Crippen LogP contribution is -2.39. The summed E-state index contributed by atoms with van der Waals surface area (Å²) < 4.78 is 22.2. The van der Waals surface area contributed by atoms with Gasteiger partial charge in [-0.15, -0.1) is 0 Å². The first-order valence-electron chi connectivity index (χ1n) is 9.90. The maximum Gasteiger partial charge on any atom is 0.407 e. The van der Waals surface area contributed by atoms with Crippen molar-refractivity contribution in [2.24, 2.45) is 0 Å². The molecule has 1 N–H and O–H groups in total. The maximum absolute atomic E-state index is 14.0. The molecular formula is C22H26BrFN2O2. The Bertz CT molecular complexity index is 954. The number of carbonyl (C=O) groups is 1. The number of carbonyl (C=O) groups excluding carboxylic acids is 1. The zero-order valence-electron chi connectivity index (χ0n) is 16.5. The molecule has 28 heavy (non-hydrogen) atoms. The van der Waals surface area contributed by atoms with Crippen LogP contribution in [0.1, 0.15) is 64.6 Å². The van der Waals surface area contributed by atoms with E-state index in [9.17, 15) is 9.18 Å². The number of allylic oxidation sites excluding steroid dienone is 1. The first kappa shape index (κ1) is 19.5. The van der Waals surface area contributed by atoms with Gasteiger partial charge in [-0.2, -0.15) is 0 Å². The van der Waals surface area contributed by atoms with Crippen LogP contribution in [0.25, 0.3) is 16.5 Å². The Morgan fingerprint density at radius 1 is 1.25 bits per heavy atom. The summed E-state index contributed by atoms with van der Waals surface area (Å²) in [5, 5.41) is 3.91. The molecule has 0 saturated heterocycles. The Hall–Kier alpha value is -1.82. The van der Waals surface area contributed by atoms with Gasteiger partial charge in [-0.3, -0.25) is 0 Å². The summed E-state index contributed by atoms with van der Waals surface area (Å²) >= 11 is 3.32. The van der Waals surface area contributed by atoms with Crippen molar-refractivity contribution in [3.05, 3.63) is 40.3 Å². The molecule has 2 aromatic rings. The molecule has 0 aliphatic heterocycles. The highest BCUT2D eigenvalue weighted by Gasteiger charge is 2.30. The Morgan fingerprint density at radius 2 is 2.00 bits per heavy atom. The van der Waals surface area contributed by atoms with Gasteiger partial charge >= 0.3 is 6.09 Å². The number of benzene rings is 1. The van der Waals surface area contributed by atoms with Crippen LogP contribution in [0.5, 0.6) is 0 Å². The third-order valence-electron chi connectivity index (χ3n) is 5.25. The summed E-state index contributed by atoms with van der Waals surface area (Å²) in [6.07, 6.45) is 6.72. The first-order chi connectivity index (χ1) is 13.2. The number of hydrogen-bond acceptors (Lipinski definition) is 2. The predicted molar refractivity (Wildman–Crippen MR) is 113 cm³/mol. The fourth-order valence-corrected chi connectivity index (χ4v) is 4.20. The van der Waals surface area contributed by atoms with Gasteiger partial charge in [0.25, 0.3) is 0 Å². The molecule has 1 unspecified atom stereocenters. The second-order valence-electron chi connectivity index (χ2n) is 8.80. The standard InChI is InChI=1S/C22H26BrFN2O2/c1-22(2,3)28-21(27)25-15-6-4-13(5-7-15)19-11-14-10-18(24)17(23)12-20(14)26(19)16-8-9-16/h4,10-12,15-16H,5-9H2,1-3H3,(H,25,27). The molecule has 4 rings (SSSR count). The van der Waals surface area contributed by atoms with Crippen molar-refractivity contribution in [2.45, 2.75) is 70.6 Å². The van der Waals surface area contributed by atoms with Crippen molar-refractivity contribution >= 4 is 38.5 Å². The molecule has 1 atom stereocenters. The minimum absolute atomic E-state index is 0.0870. The van der Waals surface area contributed by atoms with Crippen LogP contribution in [0, 0.1) is 5.82 Å². The van der Waals surface area contributed by atoms with E-state index >= 15 is 0 Å². The number of hydrogen-bond donors (Lipinski definition) is 1. The third kappa shape index (κ3) is 4.12. The highest BCUT2D eigenvalue weighted by atomic mass is 79.9. The van der Waals surface area contributed by atoms with Crippen molar-refractivity contribution in [1.82, 2.24) is 9.88 Å². The minimum Gasteiger partial charge on any atom is -0.444 e. The van der Waals surface area contributed by atoms with Crippen molar-refractivity contribution in [3.63, 3.8) is 0 Å². The largest absolute Gasteiger partial charge is 0.444 e. The Balaban J connectivity index is 1.55. The number of nitrogens with one attached hydrogen (secondary N) is 1. The Morgan fingerprint density at radius 3 is 2.61 bits per heavy atom. The zero-order chi connectivity index (χ0) is 20.1. The molecule has 2 aliphatic rings. The van der Waals surface area contributed by atoms with Crippen molar-refractivity contribution < 1.29 is 13.9 Å². The van der Waals surface area contributed by atoms with Crippen LogP contribution in [0.3, 0.4) is 0 Å². The third-order valence-corrected chi connectivity index (χ3v) is 5.86. The van der Waals surface area contributed by atoms with Gasteiger partial charge in [0.2, 0.25) is 0 Å². The van der Waals surface area contributed by atoms with Crippen LogP contribution in [0.4, 0.5) is 9.18 Å². The van der Waals surface area contributed by atoms with Gasteiger partial charge in [0.05, 0.1) is 9.99 Å². The number of amides is 1. The first-order valence-corrected chi connectivity index (χ1v) is 10.7. The van der Waals surface area contributed by atoms with Crippen LogP contribution < -0.4 is 5.32 Å². The fourth-order valence-electron chi connectivity index (χ4n) is 3.87. The average molecular weight is 449 g/mol. The molecule has 0 radical (unpaired) electrons. The number of alkyl carbamates (subject to hydrolysis) is 1. The molecule has 0 bridgehead atoms. The second-order valence-corrected chi connectivity index (χ2v) is 9.66. The molecule has 1 aromatic carbocycles. The molecule has 2 aliphatic carbocycles. The van der Waals surface area contributed by atoms with Gasteiger partial charge in [0.1, 0.15) is 11.4 Å². The van der Waals surface area contributed by atoms with Crippen LogP contribution in [0.15, 0.2) is 28.7 Å². The minimum atomic E-state index is -0.492. The lowest BCUT2D eigenvalue weighted by Gasteiger charge is -2.26. The second kappa shape index (κ2) is 7.21. The van der Waals surface area contributed by atoms with E-state index in [1.54, 1.807) is 6.07 Å². The molecule has 150 valence electrons. The van der Waals surface area contributed by atoms with Crippen LogP contribution in [-0.4, -0.2) is 22.3 Å². The molecular weight excluding hydrogens is 423 g/mol. The number of ether oxygens (including phenoxy) is 1. The molecule has 1 amide bonds. The van der Waals surface area contributed by atoms with Gasteiger partial charge in [-0.1, -0.05) is 6.08 Å². The highest BCUT2D eigenvalue weighted by molar-refractivity contribution is 9.10. The quantitative estimate of drug-likeness (QED) is 0.595. The molecule has 1 heterocycles.